The molecule has 2 N–H and O–H groups in total. The SMILES string of the molecule is CC(C)NC(C)(CO)CCSC(C)C(C)C. The van der Waals surface area contributed by atoms with Gasteiger partial charge in [-0.2, -0.15) is 11.8 Å². The van der Waals surface area contributed by atoms with Gasteiger partial charge in [-0.3, -0.25) is 0 Å². The zero-order valence-electron chi connectivity index (χ0n) is 11.7. The lowest BCUT2D eigenvalue weighted by molar-refractivity contribution is 0.162. The highest BCUT2D eigenvalue weighted by molar-refractivity contribution is 7.99. The molecule has 0 aromatic heterocycles. The van der Waals surface area contributed by atoms with E-state index in [1.165, 1.54) is 0 Å². The van der Waals surface area contributed by atoms with E-state index in [9.17, 15) is 5.11 Å². The molecular formula is C13H29NOS. The first kappa shape index (κ1) is 16.3. The van der Waals surface area contributed by atoms with Crippen LogP contribution in [-0.4, -0.2) is 34.3 Å². The van der Waals surface area contributed by atoms with Crippen LogP contribution in [0.4, 0.5) is 0 Å². The minimum absolute atomic E-state index is 0.127. The Kier molecular flexibility index (Phi) is 7.70. The Morgan fingerprint density at radius 2 is 1.75 bits per heavy atom. The van der Waals surface area contributed by atoms with Crippen molar-refractivity contribution >= 4 is 11.8 Å². The average molecular weight is 247 g/mol. The molecule has 2 unspecified atom stereocenters. The van der Waals surface area contributed by atoms with Gasteiger partial charge >= 0.3 is 0 Å². The van der Waals surface area contributed by atoms with E-state index < -0.39 is 0 Å². The van der Waals surface area contributed by atoms with Crippen LogP contribution < -0.4 is 5.32 Å². The summed E-state index contributed by atoms with van der Waals surface area (Å²) in [5, 5.41) is 13.6. The van der Waals surface area contributed by atoms with Crippen molar-refractivity contribution < 1.29 is 5.11 Å². The predicted octanol–water partition coefficient (Wildman–Crippen LogP) is 2.90. The molecule has 0 saturated carbocycles. The van der Waals surface area contributed by atoms with Crippen LogP contribution in [0.1, 0.15) is 48.0 Å². The molecule has 0 radical (unpaired) electrons. The van der Waals surface area contributed by atoms with E-state index in [0.29, 0.717) is 11.3 Å². The van der Waals surface area contributed by atoms with E-state index in [0.717, 1.165) is 18.1 Å². The Morgan fingerprint density at radius 1 is 1.19 bits per heavy atom. The quantitative estimate of drug-likeness (QED) is 0.692. The molecule has 2 nitrogen and oxygen atoms in total. The second-order valence-electron chi connectivity index (χ2n) is 5.59. The molecule has 16 heavy (non-hydrogen) atoms. The predicted molar refractivity (Wildman–Crippen MR) is 75.1 cm³/mol. The van der Waals surface area contributed by atoms with Crippen molar-refractivity contribution in [2.24, 2.45) is 5.92 Å². The molecule has 0 aliphatic carbocycles. The lowest BCUT2D eigenvalue weighted by Crippen LogP contribution is -2.49. The molecule has 0 heterocycles. The molecule has 0 aliphatic heterocycles. The van der Waals surface area contributed by atoms with Crippen LogP contribution in [0.15, 0.2) is 0 Å². The summed E-state index contributed by atoms with van der Waals surface area (Å²) in [5.41, 5.74) is -0.127. The molecule has 2 atom stereocenters. The number of hydrogen-bond donors (Lipinski definition) is 2. The summed E-state index contributed by atoms with van der Waals surface area (Å²) in [6.45, 7) is 13.4. The molecule has 0 aliphatic rings. The van der Waals surface area contributed by atoms with Crippen molar-refractivity contribution in [3.63, 3.8) is 0 Å². The smallest absolute Gasteiger partial charge is 0.0610 e. The molecule has 0 saturated heterocycles. The number of rotatable bonds is 8. The largest absolute Gasteiger partial charge is 0.394 e. The highest BCUT2D eigenvalue weighted by Crippen LogP contribution is 2.22. The van der Waals surface area contributed by atoms with Gasteiger partial charge in [-0.15, -0.1) is 0 Å². The minimum Gasteiger partial charge on any atom is -0.394 e. The summed E-state index contributed by atoms with van der Waals surface area (Å²) in [6.07, 6.45) is 1.02. The van der Waals surface area contributed by atoms with Gasteiger partial charge in [0.15, 0.2) is 0 Å². The van der Waals surface area contributed by atoms with Gasteiger partial charge in [0.1, 0.15) is 0 Å². The van der Waals surface area contributed by atoms with Gasteiger partial charge in [-0.1, -0.05) is 34.6 Å². The Hall–Kier alpha value is 0.270. The van der Waals surface area contributed by atoms with E-state index >= 15 is 0 Å². The minimum atomic E-state index is -0.127. The summed E-state index contributed by atoms with van der Waals surface area (Å²) in [5.74, 6) is 1.83. The highest BCUT2D eigenvalue weighted by Gasteiger charge is 2.23. The Bertz CT molecular complexity index is 185. The highest BCUT2D eigenvalue weighted by atomic mass is 32.2. The van der Waals surface area contributed by atoms with Crippen molar-refractivity contribution in [1.82, 2.24) is 5.32 Å². The van der Waals surface area contributed by atoms with E-state index in [1.807, 2.05) is 11.8 Å². The maximum absolute atomic E-state index is 9.44. The third-order valence-electron chi connectivity index (χ3n) is 2.96. The van der Waals surface area contributed by atoms with Crippen LogP contribution in [0, 0.1) is 5.92 Å². The van der Waals surface area contributed by atoms with Crippen LogP contribution in [0.25, 0.3) is 0 Å². The average Bonchev–Trinajstić information content (AvgIpc) is 2.16. The van der Waals surface area contributed by atoms with Crippen molar-refractivity contribution in [3.05, 3.63) is 0 Å². The Morgan fingerprint density at radius 3 is 2.12 bits per heavy atom. The normalized spacial score (nSPS) is 17.8. The first-order valence-electron chi connectivity index (χ1n) is 6.31. The number of aliphatic hydroxyl groups excluding tert-OH is 1. The standard InChI is InChI=1S/C13H29NOS/c1-10(2)12(5)16-8-7-13(6,9-15)14-11(3)4/h10-12,14-15H,7-9H2,1-6H3. The fourth-order valence-corrected chi connectivity index (χ4v) is 2.88. The summed E-state index contributed by atoms with van der Waals surface area (Å²) in [6, 6.07) is 0.421. The van der Waals surface area contributed by atoms with Gasteiger partial charge in [0, 0.05) is 16.8 Å². The summed E-state index contributed by atoms with van der Waals surface area (Å²) in [4.78, 5) is 0. The second kappa shape index (κ2) is 7.57. The number of hydrogen-bond acceptors (Lipinski definition) is 3. The Labute approximate surface area is 106 Å². The third kappa shape index (κ3) is 6.77. The number of thioether (sulfide) groups is 1. The monoisotopic (exact) mass is 247 g/mol. The molecule has 0 aromatic rings. The summed E-state index contributed by atoms with van der Waals surface area (Å²) < 4.78 is 0. The zero-order valence-corrected chi connectivity index (χ0v) is 12.5. The zero-order chi connectivity index (χ0) is 12.8. The van der Waals surface area contributed by atoms with Gasteiger partial charge in [-0.25, -0.2) is 0 Å². The second-order valence-corrected chi connectivity index (χ2v) is 7.07. The number of aliphatic hydroxyl groups is 1. The molecule has 0 aromatic carbocycles. The maximum atomic E-state index is 9.44. The van der Waals surface area contributed by atoms with Crippen molar-refractivity contribution in [1.29, 1.82) is 0 Å². The van der Waals surface area contributed by atoms with E-state index in [1.54, 1.807) is 0 Å². The molecule has 0 rings (SSSR count). The maximum Gasteiger partial charge on any atom is 0.0610 e. The van der Waals surface area contributed by atoms with Crippen LogP contribution in [0.5, 0.6) is 0 Å². The van der Waals surface area contributed by atoms with Gasteiger partial charge in [-0.05, 0) is 25.0 Å². The van der Waals surface area contributed by atoms with Gasteiger partial charge in [0.05, 0.1) is 6.61 Å². The van der Waals surface area contributed by atoms with Gasteiger partial charge in [0.25, 0.3) is 0 Å². The van der Waals surface area contributed by atoms with E-state index in [-0.39, 0.29) is 12.1 Å². The van der Waals surface area contributed by atoms with Crippen molar-refractivity contribution in [2.75, 3.05) is 12.4 Å². The third-order valence-corrected chi connectivity index (χ3v) is 4.47. The fraction of sp³-hybridized carbons (Fsp3) is 1.00. The van der Waals surface area contributed by atoms with E-state index in [4.69, 9.17) is 0 Å². The summed E-state index contributed by atoms with van der Waals surface area (Å²) in [7, 11) is 0. The van der Waals surface area contributed by atoms with Gasteiger partial charge < -0.3 is 10.4 Å². The molecule has 0 fully saturated rings. The molecule has 98 valence electrons. The number of nitrogens with one attached hydrogen (secondary N) is 1. The molecule has 3 heteroatoms. The first-order valence-corrected chi connectivity index (χ1v) is 7.36. The molecule has 0 spiro atoms. The summed E-state index contributed by atoms with van der Waals surface area (Å²) >= 11 is 2.00. The van der Waals surface area contributed by atoms with Crippen LogP contribution in [-0.2, 0) is 0 Å². The first-order chi connectivity index (χ1) is 7.30. The molecule has 0 amide bonds. The Balaban J connectivity index is 3.95. The van der Waals surface area contributed by atoms with Crippen molar-refractivity contribution in [2.45, 2.75) is 64.8 Å². The van der Waals surface area contributed by atoms with Crippen LogP contribution >= 0.6 is 11.8 Å². The molecular weight excluding hydrogens is 218 g/mol. The van der Waals surface area contributed by atoms with E-state index in [2.05, 4.69) is 46.9 Å². The van der Waals surface area contributed by atoms with Crippen LogP contribution in [0.2, 0.25) is 0 Å². The topological polar surface area (TPSA) is 32.3 Å². The lowest BCUT2D eigenvalue weighted by Gasteiger charge is -2.31. The molecule has 0 bridgehead atoms. The van der Waals surface area contributed by atoms with Crippen molar-refractivity contribution in [3.8, 4) is 0 Å². The fourth-order valence-electron chi connectivity index (χ4n) is 1.56. The van der Waals surface area contributed by atoms with Crippen LogP contribution in [0.3, 0.4) is 0 Å². The van der Waals surface area contributed by atoms with Gasteiger partial charge in [0.2, 0.25) is 0 Å². The lowest BCUT2D eigenvalue weighted by atomic mass is 9.99.